The largest absolute Gasteiger partial charge is 0.489 e. The van der Waals surface area contributed by atoms with Gasteiger partial charge in [-0.25, -0.2) is 8.78 Å². The summed E-state index contributed by atoms with van der Waals surface area (Å²) in [6, 6.07) is 32.3. The molecule has 1 heterocycles. The molecule has 0 radical (unpaired) electrons. The van der Waals surface area contributed by atoms with Gasteiger partial charge in [0.2, 0.25) is 0 Å². The van der Waals surface area contributed by atoms with Gasteiger partial charge in [-0.15, -0.1) is 0 Å². The predicted molar refractivity (Wildman–Crippen MR) is 140 cm³/mol. The fraction of sp³-hybridized carbons (Fsp3) is 0.250. The van der Waals surface area contributed by atoms with Crippen molar-refractivity contribution >= 4 is 0 Å². The minimum absolute atomic E-state index is 0.0416. The molecular weight excluding hydrogens is 452 g/mol. The molecule has 4 aromatic rings. The van der Waals surface area contributed by atoms with E-state index in [9.17, 15) is 8.78 Å². The van der Waals surface area contributed by atoms with Gasteiger partial charge < -0.3 is 4.74 Å². The first-order valence-corrected chi connectivity index (χ1v) is 12.7. The van der Waals surface area contributed by atoms with Crippen LogP contribution < -0.4 is 4.74 Å². The van der Waals surface area contributed by atoms with E-state index in [1.54, 1.807) is 0 Å². The first-order chi connectivity index (χ1) is 17.7. The number of ether oxygens (including phenoxy) is 1. The maximum atomic E-state index is 13.7. The van der Waals surface area contributed by atoms with Crippen LogP contribution in [0.2, 0.25) is 0 Å². The van der Waals surface area contributed by atoms with Gasteiger partial charge in [0.1, 0.15) is 24.0 Å². The number of hydrogen-bond acceptors (Lipinski definition) is 2. The van der Waals surface area contributed by atoms with Crippen LogP contribution in [-0.2, 0) is 13.2 Å². The highest BCUT2D eigenvalue weighted by Crippen LogP contribution is 2.37. The van der Waals surface area contributed by atoms with E-state index in [0.717, 1.165) is 54.8 Å². The van der Waals surface area contributed by atoms with E-state index in [1.165, 1.54) is 29.8 Å². The quantitative estimate of drug-likeness (QED) is 0.254. The highest BCUT2D eigenvalue weighted by Gasteiger charge is 2.32. The first-order valence-electron chi connectivity index (χ1n) is 12.7. The Morgan fingerprint density at radius 2 is 1.31 bits per heavy atom. The summed E-state index contributed by atoms with van der Waals surface area (Å²) in [6.45, 7) is 2.36. The standard InChI is InChI=1S/C32H31F2NO/c33-28-15-11-26(12-16-28)32(27-13-17-29(34)18-14-27)31-8-4-5-21-35(31)22-24-9-19-30(20-10-24)36-23-25-6-2-1-3-7-25/h1-3,6-7,9-20,31-32H,4-5,8,21-23H2. The van der Waals surface area contributed by atoms with Gasteiger partial charge in [0, 0.05) is 18.5 Å². The maximum absolute atomic E-state index is 13.7. The normalized spacial score (nSPS) is 16.2. The van der Waals surface area contributed by atoms with Crippen molar-refractivity contribution in [2.45, 2.75) is 44.4 Å². The Bertz CT molecular complexity index is 1180. The fourth-order valence-electron chi connectivity index (χ4n) is 5.23. The predicted octanol–water partition coefficient (Wildman–Crippen LogP) is 7.73. The van der Waals surface area contributed by atoms with Crippen LogP contribution in [0.3, 0.4) is 0 Å². The van der Waals surface area contributed by atoms with Crippen LogP contribution >= 0.6 is 0 Å². The summed E-state index contributed by atoms with van der Waals surface area (Å²) in [5.74, 6) is 0.409. The molecule has 0 spiro atoms. The second-order valence-electron chi connectivity index (χ2n) is 9.53. The van der Waals surface area contributed by atoms with Gasteiger partial charge in [-0.05, 0) is 78.0 Å². The third-order valence-electron chi connectivity index (χ3n) is 7.06. The van der Waals surface area contributed by atoms with E-state index < -0.39 is 0 Å². The molecule has 0 saturated carbocycles. The summed E-state index contributed by atoms with van der Waals surface area (Å²) in [7, 11) is 0. The zero-order chi connectivity index (χ0) is 24.7. The lowest BCUT2D eigenvalue weighted by Gasteiger charge is -2.41. The topological polar surface area (TPSA) is 12.5 Å². The van der Waals surface area contributed by atoms with Crippen molar-refractivity contribution in [2.75, 3.05) is 6.54 Å². The highest BCUT2D eigenvalue weighted by atomic mass is 19.1. The SMILES string of the molecule is Fc1ccc(C(c2ccc(F)cc2)C2CCCCN2Cc2ccc(OCc3ccccc3)cc2)cc1. The molecule has 5 rings (SSSR count). The van der Waals surface area contributed by atoms with Crippen molar-refractivity contribution in [3.05, 3.63) is 137 Å². The number of likely N-dealkylation sites (tertiary alicyclic amines) is 1. The Hall–Kier alpha value is -3.50. The van der Waals surface area contributed by atoms with Crippen LogP contribution in [-0.4, -0.2) is 17.5 Å². The molecule has 1 atom stereocenters. The summed E-state index contributed by atoms with van der Waals surface area (Å²) in [6.07, 6.45) is 3.33. The summed E-state index contributed by atoms with van der Waals surface area (Å²) in [4.78, 5) is 2.53. The van der Waals surface area contributed by atoms with Gasteiger partial charge in [0.25, 0.3) is 0 Å². The fourth-order valence-corrected chi connectivity index (χ4v) is 5.23. The molecule has 1 aliphatic rings. The number of nitrogens with zero attached hydrogens (tertiary/aromatic N) is 1. The molecule has 2 nitrogen and oxygen atoms in total. The number of hydrogen-bond donors (Lipinski definition) is 0. The van der Waals surface area contributed by atoms with Gasteiger partial charge in [0.15, 0.2) is 0 Å². The third kappa shape index (κ3) is 6.00. The number of halogens is 2. The van der Waals surface area contributed by atoms with E-state index in [4.69, 9.17) is 4.74 Å². The number of piperidine rings is 1. The molecule has 1 unspecified atom stereocenters. The van der Waals surface area contributed by atoms with Gasteiger partial charge in [-0.3, -0.25) is 4.90 Å². The third-order valence-corrected chi connectivity index (χ3v) is 7.06. The molecule has 1 fully saturated rings. The molecule has 184 valence electrons. The zero-order valence-electron chi connectivity index (χ0n) is 20.3. The van der Waals surface area contributed by atoms with Gasteiger partial charge in [-0.1, -0.05) is 73.2 Å². The van der Waals surface area contributed by atoms with E-state index in [0.29, 0.717) is 6.61 Å². The minimum Gasteiger partial charge on any atom is -0.489 e. The van der Waals surface area contributed by atoms with Crippen LogP contribution in [0.15, 0.2) is 103 Å². The summed E-state index contributed by atoms with van der Waals surface area (Å²) in [5.41, 5.74) is 4.49. The monoisotopic (exact) mass is 483 g/mol. The minimum atomic E-state index is -0.244. The Kier molecular flexibility index (Phi) is 7.73. The summed E-state index contributed by atoms with van der Waals surface area (Å²) in [5, 5.41) is 0. The number of rotatable bonds is 8. The molecule has 0 N–H and O–H groups in total. The average molecular weight is 484 g/mol. The summed E-state index contributed by atoms with van der Waals surface area (Å²) >= 11 is 0. The van der Waals surface area contributed by atoms with Crippen LogP contribution in [0.5, 0.6) is 5.75 Å². The second kappa shape index (κ2) is 11.5. The van der Waals surface area contributed by atoms with Crippen LogP contribution in [0.25, 0.3) is 0 Å². The summed E-state index contributed by atoms with van der Waals surface area (Å²) < 4.78 is 33.4. The molecule has 4 heteroatoms. The lowest BCUT2D eigenvalue weighted by molar-refractivity contribution is 0.126. The zero-order valence-corrected chi connectivity index (χ0v) is 20.3. The molecule has 0 aromatic heterocycles. The molecule has 1 aliphatic heterocycles. The Morgan fingerprint density at radius 3 is 1.92 bits per heavy atom. The van der Waals surface area contributed by atoms with Crippen LogP contribution in [0, 0.1) is 11.6 Å². The second-order valence-corrected chi connectivity index (χ2v) is 9.53. The molecular formula is C32H31F2NO. The smallest absolute Gasteiger partial charge is 0.123 e. The van der Waals surface area contributed by atoms with Crippen molar-refractivity contribution in [1.82, 2.24) is 4.90 Å². The average Bonchev–Trinajstić information content (AvgIpc) is 2.92. The lowest BCUT2D eigenvalue weighted by atomic mass is 9.80. The Labute approximate surface area is 212 Å². The van der Waals surface area contributed by atoms with E-state index in [1.807, 2.05) is 54.6 Å². The molecule has 4 aromatic carbocycles. The molecule has 0 amide bonds. The first kappa shape index (κ1) is 24.2. The van der Waals surface area contributed by atoms with Crippen molar-refractivity contribution < 1.29 is 13.5 Å². The van der Waals surface area contributed by atoms with E-state index in [-0.39, 0.29) is 23.6 Å². The van der Waals surface area contributed by atoms with Crippen molar-refractivity contribution in [3.8, 4) is 5.75 Å². The van der Waals surface area contributed by atoms with Crippen LogP contribution in [0.1, 0.15) is 47.4 Å². The van der Waals surface area contributed by atoms with Gasteiger partial charge in [0.05, 0.1) is 0 Å². The van der Waals surface area contributed by atoms with Gasteiger partial charge in [-0.2, -0.15) is 0 Å². The number of benzene rings is 4. The van der Waals surface area contributed by atoms with Gasteiger partial charge >= 0.3 is 0 Å². The highest BCUT2D eigenvalue weighted by molar-refractivity contribution is 5.35. The maximum Gasteiger partial charge on any atom is 0.123 e. The van der Waals surface area contributed by atoms with Crippen molar-refractivity contribution in [3.63, 3.8) is 0 Å². The van der Waals surface area contributed by atoms with Crippen molar-refractivity contribution in [2.24, 2.45) is 0 Å². The molecule has 0 aliphatic carbocycles. The Morgan fingerprint density at radius 1 is 0.694 bits per heavy atom. The Balaban J connectivity index is 1.34. The van der Waals surface area contributed by atoms with Crippen LogP contribution in [0.4, 0.5) is 8.78 Å². The molecule has 1 saturated heterocycles. The molecule has 0 bridgehead atoms. The van der Waals surface area contributed by atoms with E-state index >= 15 is 0 Å². The lowest BCUT2D eigenvalue weighted by Crippen LogP contribution is -2.43. The van der Waals surface area contributed by atoms with E-state index in [2.05, 4.69) is 29.2 Å². The van der Waals surface area contributed by atoms with Crippen molar-refractivity contribution in [1.29, 1.82) is 0 Å². The molecule has 36 heavy (non-hydrogen) atoms.